The van der Waals surface area contributed by atoms with E-state index in [-0.39, 0.29) is 13.2 Å². The van der Waals surface area contributed by atoms with Gasteiger partial charge in [0.1, 0.15) is 6.61 Å². The minimum absolute atomic E-state index is 0.00442. The van der Waals surface area contributed by atoms with E-state index in [0.717, 1.165) is 0 Å². The molecule has 0 bridgehead atoms. The molecule has 0 aromatic heterocycles. The van der Waals surface area contributed by atoms with Crippen molar-refractivity contribution < 1.29 is 14.6 Å². The maximum atomic E-state index is 10.7. The normalized spacial score (nSPS) is 14.9. The Morgan fingerprint density at radius 1 is 1.36 bits per heavy atom. The average Bonchev–Trinajstić information content (AvgIpc) is 1.94. The molecule has 0 spiro atoms. The molecule has 1 rings (SSSR count). The van der Waals surface area contributed by atoms with Gasteiger partial charge in [0.2, 0.25) is 0 Å². The number of carbonyl (C=O) groups excluding carboxylic acids is 1. The van der Waals surface area contributed by atoms with Crippen LogP contribution in [0.2, 0.25) is 0 Å². The Hall–Kier alpha value is 0.130. The number of aliphatic hydroxyl groups is 1. The highest BCUT2D eigenvalue weighted by Gasteiger charge is 2.25. The van der Waals surface area contributed by atoms with Gasteiger partial charge in [-0.3, -0.25) is 0 Å². The van der Waals surface area contributed by atoms with E-state index in [4.69, 9.17) is 5.11 Å². The number of ether oxygens (including phenoxy) is 1. The van der Waals surface area contributed by atoms with Crippen molar-refractivity contribution >= 4 is 31.2 Å². The van der Waals surface area contributed by atoms with Gasteiger partial charge in [0, 0.05) is 0 Å². The number of esters is 1. The van der Waals surface area contributed by atoms with Crippen LogP contribution in [0.15, 0.2) is 0 Å². The second kappa shape index (κ2) is 7.43. The Bertz CT molecular complexity index is 158. The molecule has 1 aliphatic rings. The molecule has 0 aliphatic heterocycles. The molecule has 0 unspecified atom stereocenters. The summed E-state index contributed by atoms with van der Waals surface area (Å²) in [5, 5.41) is 8.25. The van der Waals surface area contributed by atoms with Crippen LogP contribution in [0.5, 0.6) is 0 Å². The number of rotatable bonds is 3. The minimum atomic E-state index is -1.07. The van der Waals surface area contributed by atoms with Crippen molar-refractivity contribution in [2.24, 2.45) is 0 Å². The molecule has 5 heteroatoms. The molecule has 1 saturated carbocycles. The lowest BCUT2D eigenvalue weighted by atomic mass is 10.0. The first-order chi connectivity index (χ1) is 6.48. The van der Waals surface area contributed by atoms with E-state index in [1.807, 2.05) is 0 Å². The van der Waals surface area contributed by atoms with Crippen molar-refractivity contribution in [2.45, 2.75) is 36.7 Å². The van der Waals surface area contributed by atoms with Gasteiger partial charge in [-0.05, 0) is 6.92 Å². The lowest BCUT2D eigenvalue weighted by Gasteiger charge is -2.13. The molecule has 0 amide bonds. The molecular formula is C9H18O3S2. The molecular weight excluding hydrogens is 220 g/mol. The minimum Gasteiger partial charge on any atom is -0.462 e. The van der Waals surface area contributed by atoms with Crippen LogP contribution in [-0.2, 0) is 9.53 Å². The summed E-state index contributed by atoms with van der Waals surface area (Å²) in [6, 6.07) is 0. The summed E-state index contributed by atoms with van der Waals surface area (Å²) >= 11 is 7.66. The Morgan fingerprint density at radius 2 is 1.79 bits per heavy atom. The second-order valence-electron chi connectivity index (χ2n) is 3.29. The first-order valence-corrected chi connectivity index (χ1v) is 5.60. The van der Waals surface area contributed by atoms with E-state index < -0.39 is 10.0 Å². The van der Waals surface area contributed by atoms with Gasteiger partial charge in [-0.2, -0.15) is 25.3 Å². The van der Waals surface area contributed by atoms with E-state index in [2.05, 4.69) is 30.0 Å². The van der Waals surface area contributed by atoms with Crippen LogP contribution in [0.3, 0.4) is 0 Å². The zero-order valence-electron chi connectivity index (χ0n) is 8.40. The number of thiol groups is 2. The molecule has 1 fully saturated rings. The van der Waals surface area contributed by atoms with E-state index in [1.165, 1.54) is 32.6 Å². The maximum absolute atomic E-state index is 10.7. The van der Waals surface area contributed by atoms with Crippen molar-refractivity contribution in [3.05, 3.63) is 0 Å². The Morgan fingerprint density at radius 3 is 2.00 bits per heavy atom. The molecule has 1 aliphatic carbocycles. The van der Waals surface area contributed by atoms with Crippen LogP contribution in [0.1, 0.15) is 32.6 Å². The van der Waals surface area contributed by atoms with E-state index in [9.17, 15) is 4.79 Å². The van der Waals surface area contributed by atoms with Crippen molar-refractivity contribution in [3.8, 4) is 0 Å². The van der Waals surface area contributed by atoms with Crippen molar-refractivity contribution in [1.82, 2.24) is 0 Å². The average molecular weight is 238 g/mol. The molecule has 0 aromatic rings. The van der Waals surface area contributed by atoms with Crippen molar-refractivity contribution in [3.63, 3.8) is 0 Å². The summed E-state index contributed by atoms with van der Waals surface area (Å²) in [7, 11) is 0. The van der Waals surface area contributed by atoms with Gasteiger partial charge < -0.3 is 9.84 Å². The summed E-state index contributed by atoms with van der Waals surface area (Å²) in [5.41, 5.74) is 0. The molecule has 14 heavy (non-hydrogen) atoms. The van der Waals surface area contributed by atoms with E-state index in [0.29, 0.717) is 0 Å². The quantitative estimate of drug-likeness (QED) is 0.398. The third kappa shape index (κ3) is 7.53. The fraction of sp³-hybridized carbons (Fsp3) is 0.889. The second-order valence-corrected chi connectivity index (χ2v) is 5.44. The molecule has 84 valence electrons. The third-order valence-corrected chi connectivity index (χ3v) is 2.08. The van der Waals surface area contributed by atoms with Gasteiger partial charge in [-0.1, -0.05) is 25.7 Å². The van der Waals surface area contributed by atoms with Gasteiger partial charge >= 0.3 is 5.97 Å². The van der Waals surface area contributed by atoms with Gasteiger partial charge in [-0.25, -0.2) is 4.79 Å². The number of carbonyl (C=O) groups is 1. The summed E-state index contributed by atoms with van der Waals surface area (Å²) in [6.07, 6.45) is 6.00. The lowest BCUT2D eigenvalue weighted by molar-refractivity contribution is -0.144. The smallest absolute Gasteiger partial charge is 0.331 e. The number of hydrogen-bond donors (Lipinski definition) is 3. The standard InChI is InChI=1S/C5H10O3S2.C4H8/c1-5(9,10)4(7)8-3-2-6;1-2-4-3-1/h6,9-10H,2-3H2,1H3;1-4H2. The number of hydrogen-bond acceptors (Lipinski definition) is 5. The van der Waals surface area contributed by atoms with Crippen LogP contribution in [0, 0.1) is 0 Å². The predicted octanol–water partition coefficient (Wildman–Crippen LogP) is 1.66. The van der Waals surface area contributed by atoms with Crippen LogP contribution in [0.4, 0.5) is 0 Å². The Labute approximate surface area is 96.0 Å². The van der Waals surface area contributed by atoms with Gasteiger partial charge in [0.15, 0.2) is 4.08 Å². The van der Waals surface area contributed by atoms with Crippen molar-refractivity contribution in [2.75, 3.05) is 13.2 Å². The highest BCUT2D eigenvalue weighted by atomic mass is 32.2. The maximum Gasteiger partial charge on any atom is 0.331 e. The van der Waals surface area contributed by atoms with Crippen LogP contribution < -0.4 is 0 Å². The molecule has 0 saturated heterocycles. The molecule has 0 radical (unpaired) electrons. The molecule has 0 atom stereocenters. The first kappa shape index (κ1) is 14.1. The van der Waals surface area contributed by atoms with Gasteiger partial charge in [-0.15, -0.1) is 0 Å². The fourth-order valence-electron chi connectivity index (χ4n) is 0.525. The van der Waals surface area contributed by atoms with E-state index >= 15 is 0 Å². The van der Waals surface area contributed by atoms with Crippen LogP contribution in [0.25, 0.3) is 0 Å². The molecule has 1 N–H and O–H groups in total. The summed E-state index contributed by atoms with van der Waals surface area (Å²) in [4.78, 5) is 10.7. The first-order valence-electron chi connectivity index (χ1n) is 4.71. The van der Waals surface area contributed by atoms with Crippen LogP contribution >= 0.6 is 25.3 Å². The molecule has 0 aromatic carbocycles. The molecule has 3 nitrogen and oxygen atoms in total. The van der Waals surface area contributed by atoms with Gasteiger partial charge in [0.25, 0.3) is 0 Å². The predicted molar refractivity (Wildman–Crippen MR) is 62.9 cm³/mol. The SMILES string of the molecule is C1CCC1.CC(S)(S)C(=O)OCCO. The lowest BCUT2D eigenvalue weighted by Crippen LogP contribution is -2.25. The summed E-state index contributed by atoms with van der Waals surface area (Å²) in [5.74, 6) is -0.548. The molecule has 0 heterocycles. The van der Waals surface area contributed by atoms with Gasteiger partial charge in [0.05, 0.1) is 6.61 Å². The van der Waals surface area contributed by atoms with Crippen LogP contribution in [-0.4, -0.2) is 28.4 Å². The summed E-state index contributed by atoms with van der Waals surface area (Å²) in [6.45, 7) is 1.32. The van der Waals surface area contributed by atoms with Crippen molar-refractivity contribution in [1.29, 1.82) is 0 Å². The zero-order valence-corrected chi connectivity index (χ0v) is 10.2. The largest absolute Gasteiger partial charge is 0.462 e. The summed E-state index contributed by atoms with van der Waals surface area (Å²) < 4.78 is 3.44. The Balaban J connectivity index is 0.000000344. The fourth-order valence-corrected chi connectivity index (χ4v) is 0.654. The monoisotopic (exact) mass is 238 g/mol. The highest BCUT2D eigenvalue weighted by molar-refractivity contribution is 8.01. The topological polar surface area (TPSA) is 46.5 Å². The third-order valence-electron chi connectivity index (χ3n) is 1.71. The number of aliphatic hydroxyl groups excluding tert-OH is 1. The Kier molecular flexibility index (Phi) is 7.49. The zero-order chi connectivity index (χ0) is 11.0. The highest BCUT2D eigenvalue weighted by Crippen LogP contribution is 2.19. The van der Waals surface area contributed by atoms with E-state index in [1.54, 1.807) is 0 Å².